The highest BCUT2D eigenvalue weighted by molar-refractivity contribution is 6.28. The molecule has 0 radical (unpaired) electrons. The molecule has 130 valence electrons. The van der Waals surface area contributed by atoms with Gasteiger partial charge in [-0.25, -0.2) is 4.98 Å². The fraction of sp³-hybridized carbons (Fsp3) is 0.688. The third kappa shape index (κ3) is 2.37. The molecular weight excluding hydrogens is 330 g/mol. The number of hydrogen-bond acceptors (Lipinski definition) is 6. The zero-order chi connectivity index (χ0) is 17.0. The van der Waals surface area contributed by atoms with Crippen LogP contribution >= 0.6 is 11.6 Å². The number of aliphatic hydroxyl groups excluding tert-OH is 2. The minimum atomic E-state index is -0.796. The number of nitrogens with zero attached hydrogens (tertiary/aromatic N) is 4. The first-order chi connectivity index (χ1) is 11.5. The Morgan fingerprint density at radius 2 is 2.00 bits per heavy atom. The highest BCUT2D eigenvalue weighted by atomic mass is 35.5. The molecule has 0 saturated heterocycles. The highest BCUT2D eigenvalue weighted by Gasteiger charge is 2.60. The predicted molar refractivity (Wildman–Crippen MR) is 91.0 cm³/mol. The first kappa shape index (κ1) is 16.1. The quantitative estimate of drug-likeness (QED) is 0.713. The summed E-state index contributed by atoms with van der Waals surface area (Å²) >= 11 is 6.13. The molecule has 0 unspecified atom stereocenters. The lowest BCUT2D eigenvalue weighted by atomic mass is 10.1. The van der Waals surface area contributed by atoms with Gasteiger partial charge in [0.15, 0.2) is 17.0 Å². The van der Waals surface area contributed by atoms with Crippen molar-refractivity contribution in [3.8, 4) is 0 Å². The molecule has 0 spiro atoms. The van der Waals surface area contributed by atoms with Crippen LogP contribution in [0.4, 0.5) is 5.82 Å². The summed E-state index contributed by atoms with van der Waals surface area (Å²) in [6.45, 7) is 4.23. The number of hydrogen-bond donors (Lipinski definition) is 3. The van der Waals surface area contributed by atoms with Gasteiger partial charge in [0.1, 0.15) is 6.10 Å². The lowest BCUT2D eigenvalue weighted by Gasteiger charge is -2.22. The minimum Gasteiger partial charge on any atom is -0.390 e. The Bertz CT molecular complexity index is 762. The van der Waals surface area contributed by atoms with Gasteiger partial charge in [-0.15, -0.1) is 0 Å². The number of anilines is 1. The predicted octanol–water partition coefficient (Wildman–Crippen LogP) is 1.99. The van der Waals surface area contributed by atoms with Crippen LogP contribution in [0.3, 0.4) is 0 Å². The first-order valence-corrected chi connectivity index (χ1v) is 8.95. The van der Waals surface area contributed by atoms with Crippen LogP contribution in [0.1, 0.15) is 39.2 Å². The zero-order valence-corrected chi connectivity index (χ0v) is 14.5. The summed E-state index contributed by atoms with van der Waals surface area (Å²) < 4.78 is 1.85. The molecule has 8 heteroatoms. The van der Waals surface area contributed by atoms with E-state index in [4.69, 9.17) is 11.6 Å². The van der Waals surface area contributed by atoms with Gasteiger partial charge in [-0.05, 0) is 42.7 Å². The van der Waals surface area contributed by atoms with Crippen molar-refractivity contribution in [2.24, 2.45) is 11.8 Å². The van der Waals surface area contributed by atoms with Gasteiger partial charge < -0.3 is 20.1 Å². The molecule has 0 aliphatic heterocycles. The third-order valence-electron chi connectivity index (χ3n) is 5.51. The summed E-state index contributed by atoms with van der Waals surface area (Å²) in [6.07, 6.45) is 3.08. The second-order valence-electron chi connectivity index (χ2n) is 6.86. The average Bonchev–Trinajstić information content (AvgIpc) is 3.18. The van der Waals surface area contributed by atoms with Gasteiger partial charge in [0, 0.05) is 6.04 Å². The standard InChI is InChI=1S/C16H22ClN5O2/c1-3-7(4-2)19-14-10-15(21-16(17)20-14)22(6-18-10)11-8-5-9(8)12(23)13(11)24/h6-9,11-13,23-24H,3-5H2,1-2H3,(H,19,20,21)/t8-,9+,11+,12+,13-/m0/s1. The number of imidazole rings is 1. The van der Waals surface area contributed by atoms with Crippen LogP contribution in [-0.2, 0) is 0 Å². The smallest absolute Gasteiger partial charge is 0.226 e. The molecule has 0 amide bonds. The van der Waals surface area contributed by atoms with E-state index in [0.717, 1.165) is 19.3 Å². The molecule has 24 heavy (non-hydrogen) atoms. The molecule has 5 atom stereocenters. The number of aliphatic hydroxyl groups is 2. The van der Waals surface area contributed by atoms with Crippen molar-refractivity contribution in [1.82, 2.24) is 19.5 Å². The summed E-state index contributed by atoms with van der Waals surface area (Å²) in [7, 11) is 0. The van der Waals surface area contributed by atoms with Crippen LogP contribution in [0, 0.1) is 11.8 Å². The van der Waals surface area contributed by atoms with Gasteiger partial charge in [-0.3, -0.25) is 0 Å². The average molecular weight is 352 g/mol. The van der Waals surface area contributed by atoms with Crippen molar-refractivity contribution in [2.75, 3.05) is 5.32 Å². The van der Waals surface area contributed by atoms with Crippen molar-refractivity contribution in [3.05, 3.63) is 11.6 Å². The van der Waals surface area contributed by atoms with Gasteiger partial charge in [-0.2, -0.15) is 9.97 Å². The number of halogens is 1. The van der Waals surface area contributed by atoms with Crippen LogP contribution in [0.15, 0.2) is 6.33 Å². The zero-order valence-electron chi connectivity index (χ0n) is 13.7. The summed E-state index contributed by atoms with van der Waals surface area (Å²) in [5.41, 5.74) is 1.25. The molecule has 0 bridgehead atoms. The van der Waals surface area contributed by atoms with Crippen LogP contribution in [-0.4, -0.2) is 48.0 Å². The topological polar surface area (TPSA) is 96.1 Å². The van der Waals surface area contributed by atoms with E-state index in [9.17, 15) is 10.2 Å². The third-order valence-corrected chi connectivity index (χ3v) is 5.68. The number of fused-ring (bicyclic) bond motifs is 2. The number of nitrogens with one attached hydrogen (secondary N) is 1. The SMILES string of the molecule is CCC(CC)Nc1nc(Cl)nc2c1ncn2[C@H]1[C@H](O)[C@H](O)[C@@H]2C[C@@H]21. The molecular formula is C16H22ClN5O2. The number of rotatable bonds is 5. The molecule has 3 N–H and O–H groups in total. The van der Waals surface area contributed by atoms with Crippen molar-refractivity contribution < 1.29 is 10.2 Å². The molecule has 4 rings (SSSR count). The van der Waals surface area contributed by atoms with E-state index >= 15 is 0 Å². The van der Waals surface area contributed by atoms with Gasteiger partial charge in [0.2, 0.25) is 5.28 Å². The highest BCUT2D eigenvalue weighted by Crippen LogP contribution is 2.57. The lowest BCUT2D eigenvalue weighted by molar-refractivity contribution is 0.00386. The van der Waals surface area contributed by atoms with Gasteiger partial charge in [0.05, 0.1) is 18.5 Å². The Morgan fingerprint density at radius 1 is 1.25 bits per heavy atom. The van der Waals surface area contributed by atoms with Gasteiger partial charge in [0.25, 0.3) is 0 Å². The summed E-state index contributed by atoms with van der Waals surface area (Å²) in [5.74, 6) is 1.08. The Hall–Kier alpha value is -1.44. The van der Waals surface area contributed by atoms with Crippen molar-refractivity contribution in [2.45, 2.75) is 57.4 Å². The largest absolute Gasteiger partial charge is 0.390 e. The van der Waals surface area contributed by atoms with E-state index in [1.807, 2.05) is 4.57 Å². The van der Waals surface area contributed by atoms with Crippen LogP contribution in [0.2, 0.25) is 5.28 Å². The maximum absolute atomic E-state index is 10.4. The second-order valence-corrected chi connectivity index (χ2v) is 7.20. The fourth-order valence-electron chi connectivity index (χ4n) is 4.00. The van der Waals surface area contributed by atoms with Crippen molar-refractivity contribution in [1.29, 1.82) is 0 Å². The molecule has 0 aromatic carbocycles. The molecule has 2 saturated carbocycles. The minimum absolute atomic E-state index is 0.151. The van der Waals surface area contributed by atoms with Crippen molar-refractivity contribution in [3.63, 3.8) is 0 Å². The first-order valence-electron chi connectivity index (χ1n) is 8.57. The van der Waals surface area contributed by atoms with E-state index in [2.05, 4.69) is 34.1 Å². The van der Waals surface area contributed by atoms with E-state index in [0.29, 0.717) is 17.0 Å². The normalized spacial score (nSPS) is 31.7. The van der Waals surface area contributed by atoms with Crippen LogP contribution in [0.25, 0.3) is 11.2 Å². The van der Waals surface area contributed by atoms with Crippen LogP contribution in [0.5, 0.6) is 0 Å². The monoisotopic (exact) mass is 351 g/mol. The molecule has 2 aromatic rings. The number of aromatic nitrogens is 4. The maximum Gasteiger partial charge on any atom is 0.226 e. The maximum atomic E-state index is 10.4. The Morgan fingerprint density at radius 3 is 2.62 bits per heavy atom. The fourth-order valence-corrected chi connectivity index (χ4v) is 4.16. The lowest BCUT2D eigenvalue weighted by Crippen LogP contribution is -2.31. The summed E-state index contributed by atoms with van der Waals surface area (Å²) in [6, 6.07) is 0.0815. The molecule has 2 aliphatic rings. The Kier molecular flexibility index (Phi) is 3.89. The molecule has 2 heterocycles. The van der Waals surface area contributed by atoms with E-state index in [1.54, 1.807) is 6.33 Å². The van der Waals surface area contributed by atoms with Gasteiger partial charge in [-0.1, -0.05) is 13.8 Å². The van der Waals surface area contributed by atoms with Crippen molar-refractivity contribution >= 4 is 28.6 Å². The summed E-state index contributed by atoms with van der Waals surface area (Å²) in [4.78, 5) is 13.1. The second kappa shape index (κ2) is 5.82. The molecule has 2 aromatic heterocycles. The molecule has 7 nitrogen and oxygen atoms in total. The Balaban J connectivity index is 1.75. The van der Waals surface area contributed by atoms with E-state index < -0.39 is 12.2 Å². The Labute approximate surface area is 145 Å². The van der Waals surface area contributed by atoms with E-state index in [1.165, 1.54) is 0 Å². The summed E-state index contributed by atoms with van der Waals surface area (Å²) in [5, 5.41) is 24.0. The molecule has 2 aliphatic carbocycles. The van der Waals surface area contributed by atoms with Gasteiger partial charge >= 0.3 is 0 Å². The molecule has 2 fully saturated rings. The van der Waals surface area contributed by atoms with Crippen LogP contribution < -0.4 is 5.32 Å². The van der Waals surface area contributed by atoms with E-state index in [-0.39, 0.29) is 29.2 Å².